The number of ether oxygens (including phenoxy) is 1. The molecule has 0 amide bonds. The molecule has 23 heavy (non-hydrogen) atoms. The molecule has 3 aliphatic rings. The van der Waals surface area contributed by atoms with Gasteiger partial charge in [0, 0.05) is 6.42 Å². The molecule has 0 bridgehead atoms. The second-order valence-corrected chi connectivity index (χ2v) is 8.57. The van der Waals surface area contributed by atoms with Crippen molar-refractivity contribution in [3.63, 3.8) is 0 Å². The van der Waals surface area contributed by atoms with Gasteiger partial charge in [0.1, 0.15) is 0 Å². The predicted molar refractivity (Wildman–Crippen MR) is 94.2 cm³/mol. The molecule has 0 unspecified atom stereocenters. The number of rotatable bonds is 5. The average molecular weight is 321 g/mol. The minimum atomic E-state index is 0.0803. The standard InChI is InChI=1S/C21H36O2/c22-21(23-16-18-7-3-1-4-8-18)15-17-11-13-20(14-12-17)19-9-5-2-6-10-19/h17-20H,1-16H2. The molecule has 0 spiro atoms. The van der Waals surface area contributed by atoms with E-state index in [9.17, 15) is 4.79 Å². The largest absolute Gasteiger partial charge is 0.465 e. The van der Waals surface area contributed by atoms with E-state index in [0.717, 1.165) is 11.8 Å². The van der Waals surface area contributed by atoms with Gasteiger partial charge in [0.15, 0.2) is 0 Å². The fourth-order valence-corrected chi connectivity index (χ4v) is 5.33. The third-order valence-electron chi connectivity index (χ3n) is 6.87. The Hall–Kier alpha value is -0.530. The van der Waals surface area contributed by atoms with Gasteiger partial charge < -0.3 is 4.74 Å². The molecule has 0 aromatic rings. The summed E-state index contributed by atoms with van der Waals surface area (Å²) in [4.78, 5) is 12.1. The molecule has 0 aromatic carbocycles. The summed E-state index contributed by atoms with van der Waals surface area (Å²) in [7, 11) is 0. The molecule has 0 heterocycles. The van der Waals surface area contributed by atoms with Crippen LogP contribution in [0.25, 0.3) is 0 Å². The van der Waals surface area contributed by atoms with E-state index in [4.69, 9.17) is 4.74 Å². The SMILES string of the molecule is O=C(CC1CCC(C2CCCCC2)CC1)OCC1CCCCC1. The lowest BCUT2D eigenvalue weighted by molar-refractivity contribution is -0.146. The molecule has 132 valence electrons. The van der Waals surface area contributed by atoms with E-state index in [0.29, 0.717) is 24.9 Å². The fraction of sp³-hybridized carbons (Fsp3) is 0.952. The monoisotopic (exact) mass is 320 g/mol. The zero-order chi connectivity index (χ0) is 15.9. The smallest absolute Gasteiger partial charge is 0.306 e. The summed E-state index contributed by atoms with van der Waals surface area (Å²) in [6.07, 6.45) is 19.8. The van der Waals surface area contributed by atoms with Gasteiger partial charge in [0.2, 0.25) is 0 Å². The van der Waals surface area contributed by atoms with Crippen molar-refractivity contribution in [3.05, 3.63) is 0 Å². The number of hydrogen-bond acceptors (Lipinski definition) is 2. The van der Waals surface area contributed by atoms with Crippen molar-refractivity contribution in [1.82, 2.24) is 0 Å². The first-order valence-corrected chi connectivity index (χ1v) is 10.5. The number of esters is 1. The van der Waals surface area contributed by atoms with Crippen LogP contribution in [0.5, 0.6) is 0 Å². The van der Waals surface area contributed by atoms with Crippen LogP contribution >= 0.6 is 0 Å². The molecule has 0 saturated heterocycles. The zero-order valence-corrected chi connectivity index (χ0v) is 14.9. The molecule has 0 N–H and O–H groups in total. The van der Waals surface area contributed by atoms with E-state index in [2.05, 4.69) is 0 Å². The van der Waals surface area contributed by atoms with Crippen LogP contribution < -0.4 is 0 Å². The van der Waals surface area contributed by atoms with E-state index in [1.54, 1.807) is 0 Å². The maximum absolute atomic E-state index is 12.1. The Labute approximate surface area is 142 Å². The maximum atomic E-state index is 12.1. The Kier molecular flexibility index (Phi) is 6.83. The van der Waals surface area contributed by atoms with Gasteiger partial charge in [-0.25, -0.2) is 0 Å². The second kappa shape index (κ2) is 9.08. The number of carbonyl (C=O) groups is 1. The number of hydrogen-bond donors (Lipinski definition) is 0. The first kappa shape index (κ1) is 17.3. The molecule has 0 atom stereocenters. The van der Waals surface area contributed by atoms with Gasteiger partial charge in [-0.3, -0.25) is 4.79 Å². The molecule has 3 rings (SSSR count). The molecule has 0 aromatic heterocycles. The van der Waals surface area contributed by atoms with E-state index in [1.807, 2.05) is 0 Å². The summed E-state index contributed by atoms with van der Waals surface area (Å²) in [5, 5.41) is 0. The Morgan fingerprint density at radius 1 is 0.652 bits per heavy atom. The van der Waals surface area contributed by atoms with Crippen molar-refractivity contribution in [1.29, 1.82) is 0 Å². The normalized spacial score (nSPS) is 31.0. The van der Waals surface area contributed by atoms with Gasteiger partial charge in [-0.2, -0.15) is 0 Å². The van der Waals surface area contributed by atoms with Gasteiger partial charge in [0.25, 0.3) is 0 Å². The minimum Gasteiger partial charge on any atom is -0.465 e. The highest BCUT2D eigenvalue weighted by atomic mass is 16.5. The van der Waals surface area contributed by atoms with E-state index >= 15 is 0 Å². The lowest BCUT2D eigenvalue weighted by atomic mass is 9.70. The summed E-state index contributed by atoms with van der Waals surface area (Å²) in [6, 6.07) is 0. The molecule has 2 nitrogen and oxygen atoms in total. The van der Waals surface area contributed by atoms with Crippen LogP contribution in [0.15, 0.2) is 0 Å². The van der Waals surface area contributed by atoms with Crippen LogP contribution in [0.1, 0.15) is 96.3 Å². The first-order valence-electron chi connectivity index (χ1n) is 10.5. The van der Waals surface area contributed by atoms with Crippen LogP contribution in [0.4, 0.5) is 0 Å². The Morgan fingerprint density at radius 2 is 1.22 bits per heavy atom. The maximum Gasteiger partial charge on any atom is 0.306 e. The van der Waals surface area contributed by atoms with Crippen LogP contribution in [0, 0.1) is 23.7 Å². The van der Waals surface area contributed by atoms with Crippen molar-refractivity contribution in [2.24, 2.45) is 23.7 Å². The molecule has 0 radical (unpaired) electrons. The van der Waals surface area contributed by atoms with E-state index in [1.165, 1.54) is 89.9 Å². The van der Waals surface area contributed by atoms with Gasteiger partial charge in [-0.05, 0) is 62.2 Å². The van der Waals surface area contributed by atoms with Crippen LogP contribution in [-0.4, -0.2) is 12.6 Å². The zero-order valence-electron chi connectivity index (χ0n) is 14.9. The lowest BCUT2D eigenvalue weighted by Gasteiger charge is -2.35. The lowest BCUT2D eigenvalue weighted by Crippen LogP contribution is -2.25. The number of carbonyl (C=O) groups excluding carboxylic acids is 1. The molecule has 0 aliphatic heterocycles. The van der Waals surface area contributed by atoms with Gasteiger partial charge in [0.05, 0.1) is 6.61 Å². The van der Waals surface area contributed by atoms with E-state index < -0.39 is 0 Å². The molecular formula is C21H36O2. The van der Waals surface area contributed by atoms with Gasteiger partial charge in [-0.15, -0.1) is 0 Å². The Balaban J connectivity index is 1.31. The van der Waals surface area contributed by atoms with E-state index in [-0.39, 0.29) is 5.97 Å². The van der Waals surface area contributed by atoms with Crippen LogP contribution in [-0.2, 0) is 9.53 Å². The van der Waals surface area contributed by atoms with Crippen LogP contribution in [0.3, 0.4) is 0 Å². The highest BCUT2D eigenvalue weighted by Crippen LogP contribution is 2.40. The summed E-state index contributed by atoms with van der Waals surface area (Å²) in [5.41, 5.74) is 0. The van der Waals surface area contributed by atoms with Gasteiger partial charge >= 0.3 is 5.97 Å². The first-order chi connectivity index (χ1) is 11.3. The molecule has 3 aliphatic carbocycles. The quantitative estimate of drug-likeness (QED) is 0.591. The topological polar surface area (TPSA) is 26.3 Å². The van der Waals surface area contributed by atoms with Crippen molar-refractivity contribution in [2.75, 3.05) is 6.61 Å². The average Bonchev–Trinajstić information content (AvgIpc) is 2.62. The molecular weight excluding hydrogens is 284 g/mol. The summed E-state index contributed by atoms with van der Waals surface area (Å²) in [6.45, 7) is 0.691. The van der Waals surface area contributed by atoms with Crippen molar-refractivity contribution in [2.45, 2.75) is 96.3 Å². The minimum absolute atomic E-state index is 0.0803. The van der Waals surface area contributed by atoms with Crippen LogP contribution in [0.2, 0.25) is 0 Å². The third-order valence-corrected chi connectivity index (χ3v) is 6.87. The third kappa shape index (κ3) is 5.50. The summed E-state index contributed by atoms with van der Waals surface area (Å²) < 4.78 is 5.59. The van der Waals surface area contributed by atoms with Crippen molar-refractivity contribution < 1.29 is 9.53 Å². The van der Waals surface area contributed by atoms with Gasteiger partial charge in [-0.1, -0.05) is 51.4 Å². The highest BCUT2D eigenvalue weighted by Gasteiger charge is 2.29. The summed E-state index contributed by atoms with van der Waals surface area (Å²) >= 11 is 0. The fourth-order valence-electron chi connectivity index (χ4n) is 5.33. The molecule has 3 fully saturated rings. The second-order valence-electron chi connectivity index (χ2n) is 8.57. The molecule has 3 saturated carbocycles. The van der Waals surface area contributed by atoms with Crippen molar-refractivity contribution in [3.8, 4) is 0 Å². The Bertz CT molecular complexity index is 345. The predicted octanol–water partition coefficient (Wildman–Crippen LogP) is 5.89. The molecule has 2 heteroatoms. The Morgan fingerprint density at radius 3 is 1.87 bits per heavy atom. The summed E-state index contributed by atoms with van der Waals surface area (Å²) in [5.74, 6) is 3.30. The highest BCUT2D eigenvalue weighted by molar-refractivity contribution is 5.69. The van der Waals surface area contributed by atoms with Crippen molar-refractivity contribution >= 4 is 5.97 Å².